The Labute approximate surface area is 200 Å². The third-order valence-corrected chi connectivity index (χ3v) is 5.09. The Morgan fingerprint density at radius 2 is 1.78 bits per heavy atom. The lowest BCUT2D eigenvalue weighted by molar-refractivity contribution is -0.141. The SMILES string of the molecule is C=CCN(CC=C)c1ccc(Cl)cc1NC(=O)C(=O)N[C@@H](C)C(=O)Oc1ccccc1Br. The van der Waals surface area contributed by atoms with E-state index in [0.717, 1.165) is 0 Å². The van der Waals surface area contributed by atoms with Crippen molar-refractivity contribution in [2.75, 3.05) is 23.3 Å². The molecular formula is C23H23BrClN3O4. The second-order valence-electron chi connectivity index (χ2n) is 6.64. The lowest BCUT2D eigenvalue weighted by Crippen LogP contribution is -2.45. The fraction of sp³-hybridized carbons (Fsp3) is 0.174. The number of halogens is 2. The summed E-state index contributed by atoms with van der Waals surface area (Å²) < 4.78 is 5.84. The second-order valence-corrected chi connectivity index (χ2v) is 7.94. The van der Waals surface area contributed by atoms with Gasteiger partial charge in [0.2, 0.25) is 0 Å². The number of nitrogens with zero attached hydrogens (tertiary/aromatic N) is 1. The van der Waals surface area contributed by atoms with E-state index in [0.29, 0.717) is 39.7 Å². The monoisotopic (exact) mass is 519 g/mol. The van der Waals surface area contributed by atoms with Crippen molar-refractivity contribution in [1.29, 1.82) is 0 Å². The van der Waals surface area contributed by atoms with Gasteiger partial charge in [-0.05, 0) is 53.2 Å². The van der Waals surface area contributed by atoms with Gasteiger partial charge < -0.3 is 20.3 Å². The zero-order chi connectivity index (χ0) is 23.7. The lowest BCUT2D eigenvalue weighted by atomic mass is 10.2. The first-order valence-electron chi connectivity index (χ1n) is 9.61. The number of rotatable bonds is 9. The van der Waals surface area contributed by atoms with Crippen LogP contribution in [0.4, 0.5) is 11.4 Å². The number of carbonyl (C=O) groups is 3. The Morgan fingerprint density at radius 3 is 2.41 bits per heavy atom. The van der Waals surface area contributed by atoms with Crippen molar-refractivity contribution in [2.45, 2.75) is 13.0 Å². The molecule has 7 nitrogen and oxygen atoms in total. The molecule has 0 heterocycles. The Morgan fingerprint density at radius 1 is 1.12 bits per heavy atom. The van der Waals surface area contributed by atoms with Crippen molar-refractivity contribution in [1.82, 2.24) is 5.32 Å². The number of hydrogen-bond acceptors (Lipinski definition) is 5. The number of esters is 1. The van der Waals surface area contributed by atoms with Crippen LogP contribution in [0.25, 0.3) is 0 Å². The average Bonchev–Trinajstić information content (AvgIpc) is 2.75. The van der Waals surface area contributed by atoms with E-state index in [1.807, 2.05) is 4.90 Å². The van der Waals surface area contributed by atoms with Crippen LogP contribution in [0.3, 0.4) is 0 Å². The van der Waals surface area contributed by atoms with E-state index in [1.165, 1.54) is 13.0 Å². The van der Waals surface area contributed by atoms with Gasteiger partial charge in [0, 0.05) is 18.1 Å². The molecule has 2 aromatic carbocycles. The number of benzene rings is 2. The van der Waals surface area contributed by atoms with Crippen LogP contribution < -0.4 is 20.3 Å². The molecule has 0 radical (unpaired) electrons. The minimum atomic E-state index is -1.06. The Kier molecular flexibility index (Phi) is 9.49. The summed E-state index contributed by atoms with van der Waals surface area (Å²) in [5.41, 5.74) is 0.974. The van der Waals surface area contributed by atoms with Crippen molar-refractivity contribution in [2.24, 2.45) is 0 Å². The van der Waals surface area contributed by atoms with Gasteiger partial charge in [0.25, 0.3) is 0 Å². The van der Waals surface area contributed by atoms with Gasteiger partial charge in [-0.2, -0.15) is 0 Å². The summed E-state index contributed by atoms with van der Waals surface area (Å²) in [4.78, 5) is 39.1. The number of hydrogen-bond donors (Lipinski definition) is 2. The molecule has 9 heteroatoms. The van der Waals surface area contributed by atoms with Gasteiger partial charge in [-0.3, -0.25) is 9.59 Å². The van der Waals surface area contributed by atoms with Gasteiger partial charge in [0.15, 0.2) is 0 Å². The summed E-state index contributed by atoms with van der Waals surface area (Å²) >= 11 is 9.35. The molecule has 0 aliphatic carbocycles. The summed E-state index contributed by atoms with van der Waals surface area (Å²) in [6, 6.07) is 10.7. The highest BCUT2D eigenvalue weighted by atomic mass is 79.9. The number of nitrogens with one attached hydrogen (secondary N) is 2. The first-order valence-corrected chi connectivity index (χ1v) is 10.8. The molecule has 2 aromatic rings. The van der Waals surface area contributed by atoms with Gasteiger partial charge in [-0.15, -0.1) is 13.2 Å². The Balaban J connectivity index is 2.08. The number of carbonyl (C=O) groups excluding carboxylic acids is 3. The highest BCUT2D eigenvalue weighted by Gasteiger charge is 2.24. The van der Waals surface area contributed by atoms with Crippen LogP contribution in [0.5, 0.6) is 5.75 Å². The minimum absolute atomic E-state index is 0.302. The van der Waals surface area contributed by atoms with Crippen LogP contribution >= 0.6 is 27.5 Å². The third kappa shape index (κ3) is 6.96. The molecule has 0 unspecified atom stereocenters. The molecule has 1 atom stereocenters. The third-order valence-electron chi connectivity index (χ3n) is 4.20. The van der Waals surface area contributed by atoms with Crippen LogP contribution in [0, 0.1) is 0 Å². The zero-order valence-electron chi connectivity index (χ0n) is 17.4. The highest BCUT2D eigenvalue weighted by molar-refractivity contribution is 9.10. The van der Waals surface area contributed by atoms with Crippen molar-refractivity contribution < 1.29 is 19.1 Å². The van der Waals surface area contributed by atoms with E-state index in [1.54, 1.807) is 48.6 Å². The summed E-state index contributed by atoms with van der Waals surface area (Å²) in [5.74, 6) is -2.36. The molecule has 168 valence electrons. The molecule has 0 bridgehead atoms. The van der Waals surface area contributed by atoms with E-state index in [4.69, 9.17) is 16.3 Å². The van der Waals surface area contributed by atoms with Crippen molar-refractivity contribution >= 4 is 56.7 Å². The fourth-order valence-corrected chi connectivity index (χ4v) is 3.23. The topological polar surface area (TPSA) is 87.7 Å². The number of para-hydroxylation sites is 1. The molecule has 0 spiro atoms. The molecule has 0 aliphatic heterocycles. The van der Waals surface area contributed by atoms with Crippen molar-refractivity contribution in [3.63, 3.8) is 0 Å². The predicted molar refractivity (Wildman–Crippen MR) is 130 cm³/mol. The lowest BCUT2D eigenvalue weighted by Gasteiger charge is -2.25. The maximum atomic E-state index is 12.5. The van der Waals surface area contributed by atoms with Crippen LogP contribution in [-0.2, 0) is 14.4 Å². The maximum Gasteiger partial charge on any atom is 0.333 e. The largest absolute Gasteiger partial charge is 0.424 e. The summed E-state index contributed by atoms with van der Waals surface area (Å²) in [6.07, 6.45) is 3.41. The summed E-state index contributed by atoms with van der Waals surface area (Å²) in [6.45, 7) is 9.85. The van der Waals surface area contributed by atoms with Gasteiger partial charge in [0.05, 0.1) is 15.8 Å². The first-order chi connectivity index (χ1) is 15.3. The van der Waals surface area contributed by atoms with Gasteiger partial charge in [-0.25, -0.2) is 4.79 Å². The number of ether oxygens (including phenoxy) is 1. The molecule has 0 saturated carbocycles. The number of amides is 2. The average molecular weight is 521 g/mol. The molecule has 0 aliphatic rings. The minimum Gasteiger partial charge on any atom is -0.424 e. The van der Waals surface area contributed by atoms with Crippen molar-refractivity contribution in [3.05, 3.63) is 77.3 Å². The molecule has 2 rings (SSSR count). The van der Waals surface area contributed by atoms with Crippen LogP contribution in [0.15, 0.2) is 72.2 Å². The molecule has 0 fully saturated rings. The van der Waals surface area contributed by atoms with Gasteiger partial charge in [0.1, 0.15) is 11.8 Å². The first kappa shape index (κ1) is 25.2. The quantitative estimate of drug-likeness (QED) is 0.222. The van der Waals surface area contributed by atoms with Crippen LogP contribution in [0.1, 0.15) is 6.92 Å². The Hall–Kier alpha value is -3.10. The predicted octanol–water partition coefficient (Wildman–Crippen LogP) is 4.33. The van der Waals surface area contributed by atoms with Crippen molar-refractivity contribution in [3.8, 4) is 5.75 Å². The van der Waals surface area contributed by atoms with E-state index in [-0.39, 0.29) is 0 Å². The Bertz CT molecular complexity index is 1020. The fourth-order valence-electron chi connectivity index (χ4n) is 2.69. The summed E-state index contributed by atoms with van der Waals surface area (Å²) in [7, 11) is 0. The number of anilines is 2. The highest BCUT2D eigenvalue weighted by Crippen LogP contribution is 2.29. The zero-order valence-corrected chi connectivity index (χ0v) is 19.8. The standard InChI is InChI=1S/C23H23BrClN3O4/c1-4-12-28(13-5-2)19-11-10-16(25)14-18(19)27-22(30)21(29)26-15(3)23(31)32-20-9-7-6-8-17(20)24/h4-11,14-15H,1-2,12-13H2,3H3,(H,26,29)(H,27,30)/t15-/m0/s1. The van der Waals surface area contributed by atoms with E-state index < -0.39 is 23.8 Å². The van der Waals surface area contributed by atoms with Gasteiger partial charge >= 0.3 is 17.8 Å². The molecule has 0 saturated heterocycles. The second kappa shape index (κ2) is 12.1. The molecular weight excluding hydrogens is 498 g/mol. The van der Waals surface area contributed by atoms with E-state index in [2.05, 4.69) is 39.7 Å². The maximum absolute atomic E-state index is 12.5. The smallest absolute Gasteiger partial charge is 0.333 e. The molecule has 32 heavy (non-hydrogen) atoms. The van der Waals surface area contributed by atoms with E-state index in [9.17, 15) is 14.4 Å². The van der Waals surface area contributed by atoms with Crippen LogP contribution in [0.2, 0.25) is 5.02 Å². The van der Waals surface area contributed by atoms with Crippen LogP contribution in [-0.4, -0.2) is 36.9 Å². The summed E-state index contributed by atoms with van der Waals surface area (Å²) in [5, 5.41) is 5.26. The molecule has 2 N–H and O–H groups in total. The molecule has 0 aromatic heterocycles. The van der Waals surface area contributed by atoms with Gasteiger partial charge in [-0.1, -0.05) is 35.9 Å². The van der Waals surface area contributed by atoms with E-state index >= 15 is 0 Å². The molecule has 2 amide bonds. The normalized spacial score (nSPS) is 11.1.